The van der Waals surface area contributed by atoms with Gasteiger partial charge in [0.15, 0.2) is 0 Å². The van der Waals surface area contributed by atoms with Gasteiger partial charge in [-0.05, 0) is 22.0 Å². The van der Waals surface area contributed by atoms with Crippen LogP contribution in [-0.4, -0.2) is 13.0 Å². The summed E-state index contributed by atoms with van der Waals surface area (Å²) < 4.78 is 16.0. The molecule has 1 aromatic carbocycles. The van der Waals surface area contributed by atoms with Crippen molar-refractivity contribution in [1.29, 1.82) is 0 Å². The number of amides is 1. The minimum Gasteiger partial charge on any atom is -0.366 e. The fraction of sp³-hybridized carbons (Fsp3) is 0.222. The van der Waals surface area contributed by atoms with Gasteiger partial charge in [0, 0.05) is 18.2 Å². The van der Waals surface area contributed by atoms with E-state index >= 15 is 0 Å². The molecule has 0 saturated heterocycles. The van der Waals surface area contributed by atoms with Gasteiger partial charge in [0.05, 0.1) is 0 Å². The Balaban J connectivity index is 3.27. The Bertz CT molecular complexity index is 354. The van der Waals surface area contributed by atoms with Gasteiger partial charge in [0.2, 0.25) is 5.91 Å². The molecule has 14 heavy (non-hydrogen) atoms. The Morgan fingerprint density at radius 2 is 2.14 bits per heavy atom. The monoisotopic (exact) mass is 261 g/mol. The topological polar surface area (TPSA) is 52.3 Å². The maximum atomic E-state index is 13.7. The van der Waals surface area contributed by atoms with Gasteiger partial charge in [-0.15, -0.1) is 0 Å². The molecule has 0 fully saturated rings. The van der Waals surface area contributed by atoms with Crippen LogP contribution in [0.3, 0.4) is 0 Å². The lowest BCUT2D eigenvalue weighted by atomic mass is 10.1. The first-order valence-electron chi connectivity index (χ1n) is 3.81. The lowest BCUT2D eigenvalue weighted by Crippen LogP contribution is -2.21. The Morgan fingerprint density at radius 3 is 2.64 bits per heavy atom. The molecule has 0 heterocycles. The molecule has 0 spiro atoms. The zero-order chi connectivity index (χ0) is 10.8. The number of nitrogens with two attached hydrogens (primary N) is 1. The summed E-state index contributed by atoms with van der Waals surface area (Å²) >= 11 is 2.71. The average molecular weight is 262 g/mol. The highest BCUT2D eigenvalue weighted by Crippen LogP contribution is 2.35. The van der Waals surface area contributed by atoms with E-state index in [2.05, 4.69) is 20.7 Å². The second-order valence-electron chi connectivity index (χ2n) is 2.63. The standard InChI is InChI=1S/C9H9BrFNO2/c1-14-9(10,11)7-5-3-2-4-6(7)8(12)13/h2-5H,1H3,(H2,12,13). The molecule has 1 rings (SSSR count). The molecule has 1 atom stereocenters. The summed E-state index contributed by atoms with van der Waals surface area (Å²) in [6.07, 6.45) is 0. The van der Waals surface area contributed by atoms with Crippen LogP contribution in [0.1, 0.15) is 15.9 Å². The molecule has 0 aliphatic heterocycles. The van der Waals surface area contributed by atoms with E-state index in [1.54, 1.807) is 12.1 Å². The van der Waals surface area contributed by atoms with Crippen molar-refractivity contribution < 1.29 is 13.9 Å². The number of primary amides is 1. The first kappa shape index (κ1) is 11.1. The molecular formula is C9H9BrFNO2. The second kappa shape index (κ2) is 4.06. The zero-order valence-electron chi connectivity index (χ0n) is 7.46. The molecule has 0 radical (unpaired) electrons. The highest BCUT2D eigenvalue weighted by atomic mass is 79.9. The Hall–Kier alpha value is -0.940. The maximum Gasteiger partial charge on any atom is 0.292 e. The summed E-state index contributed by atoms with van der Waals surface area (Å²) in [6, 6.07) is 6.06. The number of alkyl halides is 2. The summed E-state index contributed by atoms with van der Waals surface area (Å²) in [4.78, 5) is 11.0. The SMILES string of the molecule is COC(F)(Br)c1ccccc1C(N)=O. The highest BCUT2D eigenvalue weighted by Gasteiger charge is 2.31. The van der Waals surface area contributed by atoms with Crippen LogP contribution in [0, 0.1) is 0 Å². The summed E-state index contributed by atoms with van der Waals surface area (Å²) in [7, 11) is 1.19. The van der Waals surface area contributed by atoms with Crippen molar-refractivity contribution in [1.82, 2.24) is 0 Å². The van der Waals surface area contributed by atoms with Crippen molar-refractivity contribution in [2.45, 2.75) is 4.76 Å². The Labute approximate surface area is 89.2 Å². The molecule has 0 aromatic heterocycles. The number of ether oxygens (including phenoxy) is 1. The van der Waals surface area contributed by atoms with Gasteiger partial charge in [-0.3, -0.25) is 4.79 Å². The first-order valence-corrected chi connectivity index (χ1v) is 4.60. The number of halogens is 2. The lowest BCUT2D eigenvalue weighted by molar-refractivity contribution is -0.0369. The molecule has 3 nitrogen and oxygen atoms in total. The third-order valence-corrected chi connectivity index (χ3v) is 2.51. The Morgan fingerprint density at radius 1 is 1.57 bits per heavy atom. The summed E-state index contributed by atoms with van der Waals surface area (Å²) in [5.41, 5.74) is 5.24. The largest absolute Gasteiger partial charge is 0.366 e. The number of rotatable bonds is 3. The number of carbonyl (C=O) groups excluding carboxylic acids is 1. The summed E-state index contributed by atoms with van der Waals surface area (Å²) in [5, 5.41) is 0. The molecule has 0 aliphatic rings. The minimum absolute atomic E-state index is 0.0648. The second-order valence-corrected chi connectivity index (χ2v) is 3.65. The third kappa shape index (κ3) is 2.10. The van der Waals surface area contributed by atoms with E-state index in [9.17, 15) is 9.18 Å². The van der Waals surface area contributed by atoms with E-state index in [0.717, 1.165) is 0 Å². The van der Waals surface area contributed by atoms with Gasteiger partial charge in [0.25, 0.3) is 4.76 Å². The predicted molar refractivity (Wildman–Crippen MR) is 53.7 cm³/mol. The first-order chi connectivity index (χ1) is 6.49. The van der Waals surface area contributed by atoms with Gasteiger partial charge < -0.3 is 10.5 Å². The molecule has 0 bridgehead atoms. The number of benzene rings is 1. The molecule has 0 aliphatic carbocycles. The van der Waals surface area contributed by atoms with E-state index in [4.69, 9.17) is 5.73 Å². The fourth-order valence-electron chi connectivity index (χ4n) is 1.06. The van der Waals surface area contributed by atoms with Crippen LogP contribution in [-0.2, 0) is 9.50 Å². The zero-order valence-corrected chi connectivity index (χ0v) is 9.05. The quantitative estimate of drug-likeness (QED) is 0.846. The van der Waals surface area contributed by atoms with Crippen molar-refractivity contribution in [3.8, 4) is 0 Å². The van der Waals surface area contributed by atoms with Crippen LogP contribution < -0.4 is 5.73 Å². The van der Waals surface area contributed by atoms with Gasteiger partial charge in [-0.1, -0.05) is 18.2 Å². The number of carbonyl (C=O) groups is 1. The van der Waals surface area contributed by atoms with Crippen LogP contribution in [0.2, 0.25) is 0 Å². The number of methoxy groups -OCH3 is 1. The molecular weight excluding hydrogens is 253 g/mol. The molecule has 2 N–H and O–H groups in total. The van der Waals surface area contributed by atoms with Crippen molar-refractivity contribution in [2.24, 2.45) is 5.73 Å². The van der Waals surface area contributed by atoms with Gasteiger partial charge in [-0.2, -0.15) is 4.39 Å². The van der Waals surface area contributed by atoms with Crippen LogP contribution in [0.25, 0.3) is 0 Å². The van der Waals surface area contributed by atoms with Gasteiger partial charge in [-0.25, -0.2) is 0 Å². The third-order valence-electron chi connectivity index (χ3n) is 1.76. The average Bonchev–Trinajstić information content (AvgIpc) is 2.18. The Kier molecular flexibility index (Phi) is 3.23. The van der Waals surface area contributed by atoms with Gasteiger partial charge in [0.1, 0.15) is 0 Å². The molecule has 0 saturated carbocycles. The highest BCUT2D eigenvalue weighted by molar-refractivity contribution is 9.09. The molecule has 1 unspecified atom stereocenters. The van der Waals surface area contributed by atoms with Crippen molar-refractivity contribution in [2.75, 3.05) is 7.11 Å². The predicted octanol–water partition coefficient (Wildman–Crippen LogP) is 1.91. The van der Waals surface area contributed by atoms with Gasteiger partial charge >= 0.3 is 0 Å². The van der Waals surface area contributed by atoms with E-state index in [1.165, 1.54) is 19.2 Å². The van der Waals surface area contributed by atoms with Crippen LogP contribution >= 0.6 is 15.9 Å². The normalized spacial score (nSPS) is 14.8. The van der Waals surface area contributed by atoms with E-state index in [1.807, 2.05) is 0 Å². The maximum absolute atomic E-state index is 13.7. The van der Waals surface area contributed by atoms with E-state index in [-0.39, 0.29) is 11.1 Å². The molecule has 5 heteroatoms. The fourth-order valence-corrected chi connectivity index (χ4v) is 1.41. The van der Waals surface area contributed by atoms with Crippen molar-refractivity contribution in [3.05, 3.63) is 35.4 Å². The molecule has 1 amide bonds. The number of hydrogen-bond donors (Lipinski definition) is 1. The number of hydrogen-bond acceptors (Lipinski definition) is 2. The smallest absolute Gasteiger partial charge is 0.292 e. The van der Waals surface area contributed by atoms with E-state index < -0.39 is 10.7 Å². The minimum atomic E-state index is -2.18. The van der Waals surface area contributed by atoms with Crippen molar-refractivity contribution >= 4 is 21.8 Å². The van der Waals surface area contributed by atoms with Crippen LogP contribution in [0.5, 0.6) is 0 Å². The lowest BCUT2D eigenvalue weighted by Gasteiger charge is -2.18. The van der Waals surface area contributed by atoms with Crippen molar-refractivity contribution in [3.63, 3.8) is 0 Å². The summed E-state index contributed by atoms with van der Waals surface area (Å²) in [5.74, 6) is -0.695. The molecule has 76 valence electrons. The van der Waals surface area contributed by atoms with Crippen LogP contribution in [0.15, 0.2) is 24.3 Å². The van der Waals surface area contributed by atoms with E-state index in [0.29, 0.717) is 0 Å². The van der Waals surface area contributed by atoms with Crippen LogP contribution in [0.4, 0.5) is 4.39 Å². The summed E-state index contributed by atoms with van der Waals surface area (Å²) in [6.45, 7) is 0. The molecule has 1 aromatic rings.